The van der Waals surface area contributed by atoms with Crippen molar-refractivity contribution in [3.05, 3.63) is 45.2 Å². The number of hydrogen-bond acceptors (Lipinski definition) is 2. The molecule has 0 aliphatic heterocycles. The number of rotatable bonds is 3. The summed E-state index contributed by atoms with van der Waals surface area (Å²) in [7, 11) is 6.35. The van der Waals surface area contributed by atoms with Crippen molar-refractivity contribution < 1.29 is 21.8 Å². The van der Waals surface area contributed by atoms with E-state index in [4.69, 9.17) is 44.6 Å². The third-order valence-electron chi connectivity index (χ3n) is 3.51. The number of nitriles is 1. The van der Waals surface area contributed by atoms with Gasteiger partial charge < -0.3 is 4.57 Å². The fourth-order valence-electron chi connectivity index (χ4n) is 2.25. The maximum absolute atomic E-state index is 13.2. The van der Waals surface area contributed by atoms with Gasteiger partial charge in [0.25, 0.3) is 0 Å². The molecule has 1 heterocycles. The molecule has 0 fully saturated rings. The Morgan fingerprint density at radius 1 is 1.23 bits per heavy atom. The maximum atomic E-state index is 13.2. The van der Waals surface area contributed by atoms with Gasteiger partial charge in [0.05, 0.1) is 39.2 Å². The van der Waals surface area contributed by atoms with Gasteiger partial charge in [0.15, 0.2) is 6.01 Å². The molecule has 2 rings (SSSR count). The van der Waals surface area contributed by atoms with E-state index in [0.717, 1.165) is 10.8 Å². The van der Waals surface area contributed by atoms with Gasteiger partial charge >= 0.3 is 6.18 Å². The Kier molecular flexibility index (Phi) is 5.39. The van der Waals surface area contributed by atoms with Crippen LogP contribution < -0.4 is 0 Å². The Morgan fingerprint density at radius 3 is 2.12 bits per heavy atom. The summed E-state index contributed by atoms with van der Waals surface area (Å²) in [5.41, 5.74) is -1.43. The van der Waals surface area contributed by atoms with Crippen molar-refractivity contribution in [3.8, 4) is 11.8 Å². The molecule has 2 aromatic rings. The van der Waals surface area contributed by atoms with Crippen molar-refractivity contribution >= 4 is 52.1 Å². The lowest BCUT2D eigenvalue weighted by Crippen LogP contribution is -2.19. The van der Waals surface area contributed by atoms with E-state index in [9.17, 15) is 27.0 Å². The molecule has 0 bridgehead atoms. The number of halogens is 8. The van der Waals surface area contributed by atoms with Crippen molar-refractivity contribution in [2.75, 3.05) is 6.01 Å². The number of benzene rings is 1. The number of hydrogen-bond donors (Lipinski definition) is 0. The average molecular weight is 470 g/mol. The van der Waals surface area contributed by atoms with Gasteiger partial charge in [0, 0.05) is 11.9 Å². The topological polar surface area (TPSA) is 45.8 Å². The molecule has 142 valence electrons. The monoisotopic (exact) mass is 468 g/mol. The van der Waals surface area contributed by atoms with Gasteiger partial charge in [-0.25, -0.2) is 8.60 Å². The molecule has 0 atom stereocenters. The van der Waals surface area contributed by atoms with E-state index in [1.807, 2.05) is 0 Å². The SMILES string of the molecule is Cc1c(C#N)c(S(=O)(Cl)(Cl)CF)cn1-c1c(Cl)cc(C(F)(F)F)cc1Cl. The normalized spacial score (nSPS) is 13.9. The van der Waals surface area contributed by atoms with Gasteiger partial charge in [-0.3, -0.25) is 0 Å². The Hall–Kier alpha value is -0.980. The summed E-state index contributed by atoms with van der Waals surface area (Å²) in [5.74, 6) is 0. The summed E-state index contributed by atoms with van der Waals surface area (Å²) in [6.45, 7) is 1.36. The van der Waals surface area contributed by atoms with E-state index in [2.05, 4.69) is 0 Å². The van der Waals surface area contributed by atoms with Crippen LogP contribution in [0.3, 0.4) is 0 Å². The molecule has 0 aliphatic carbocycles. The summed E-state index contributed by atoms with van der Waals surface area (Å²) < 4.78 is 65.3. The lowest BCUT2D eigenvalue weighted by atomic mass is 10.2. The molecular weight excluding hydrogens is 462 g/mol. The van der Waals surface area contributed by atoms with Crippen LogP contribution in [0.25, 0.3) is 5.69 Å². The lowest BCUT2D eigenvalue weighted by molar-refractivity contribution is -0.137. The highest BCUT2D eigenvalue weighted by molar-refractivity contribution is 8.53. The minimum atomic E-state index is -5.03. The summed E-state index contributed by atoms with van der Waals surface area (Å²) >= 11 is 11.9. The number of alkyl halides is 4. The molecule has 3 nitrogen and oxygen atoms in total. The van der Waals surface area contributed by atoms with Gasteiger partial charge in [-0.2, -0.15) is 18.4 Å². The predicted molar refractivity (Wildman–Crippen MR) is 94.3 cm³/mol. The first-order chi connectivity index (χ1) is 11.7. The van der Waals surface area contributed by atoms with Crippen LogP contribution in [-0.2, 0) is 13.7 Å². The highest BCUT2D eigenvalue weighted by atomic mass is 36.0. The van der Waals surface area contributed by atoms with Crippen LogP contribution in [0.15, 0.2) is 23.2 Å². The van der Waals surface area contributed by atoms with E-state index in [1.54, 1.807) is 6.07 Å². The van der Waals surface area contributed by atoms with Crippen LogP contribution >= 0.6 is 44.6 Å². The largest absolute Gasteiger partial charge is 0.416 e. The Balaban J connectivity index is 2.83. The molecule has 0 aliphatic rings. The Morgan fingerprint density at radius 2 is 1.73 bits per heavy atom. The second-order valence-corrected chi connectivity index (χ2v) is 12.9. The van der Waals surface area contributed by atoms with Crippen molar-refractivity contribution in [2.45, 2.75) is 18.0 Å². The highest BCUT2D eigenvalue weighted by Gasteiger charge is 2.40. The van der Waals surface area contributed by atoms with Crippen LogP contribution in [0.4, 0.5) is 17.6 Å². The summed E-state index contributed by atoms with van der Waals surface area (Å²) in [6, 6.07) is 1.32. The zero-order valence-corrected chi connectivity index (χ0v) is 16.5. The zero-order chi connectivity index (χ0) is 20.1. The van der Waals surface area contributed by atoms with E-state index >= 15 is 0 Å². The average Bonchev–Trinajstić information content (AvgIpc) is 2.83. The van der Waals surface area contributed by atoms with Crippen molar-refractivity contribution in [3.63, 3.8) is 0 Å². The van der Waals surface area contributed by atoms with Crippen LogP contribution in [0.2, 0.25) is 10.0 Å². The van der Waals surface area contributed by atoms with Crippen molar-refractivity contribution in [2.24, 2.45) is 0 Å². The minimum Gasteiger partial charge on any atom is -0.316 e. The summed E-state index contributed by atoms with van der Waals surface area (Å²) in [4.78, 5) is -0.500. The van der Waals surface area contributed by atoms with Gasteiger partial charge in [-0.05, 0) is 40.4 Å². The van der Waals surface area contributed by atoms with Gasteiger partial charge in [0.1, 0.15) is 6.07 Å². The molecule has 0 unspecified atom stereocenters. The van der Waals surface area contributed by atoms with E-state index in [0.29, 0.717) is 12.1 Å². The van der Waals surface area contributed by atoms with Gasteiger partial charge in [-0.15, -0.1) is 0 Å². The molecule has 0 saturated heterocycles. The third kappa shape index (κ3) is 3.69. The van der Waals surface area contributed by atoms with E-state index < -0.39 is 40.2 Å². The molecular formula is C14H8Cl4F4N2OS. The lowest BCUT2D eigenvalue weighted by Gasteiger charge is -2.23. The molecule has 12 heteroatoms. The summed E-state index contributed by atoms with van der Waals surface area (Å²) in [6.07, 6.45) is -3.71. The quantitative estimate of drug-likeness (QED) is 0.385. The predicted octanol–water partition coefficient (Wildman–Crippen LogP) is 6.40. The van der Waals surface area contributed by atoms with E-state index in [-0.39, 0.29) is 16.9 Å². The molecule has 0 N–H and O–H groups in total. The molecule has 1 aromatic heterocycles. The molecule has 0 spiro atoms. The van der Waals surface area contributed by atoms with Gasteiger partial charge in [-0.1, -0.05) is 23.2 Å². The van der Waals surface area contributed by atoms with Crippen molar-refractivity contribution in [1.29, 1.82) is 5.26 Å². The second kappa shape index (κ2) is 6.57. The minimum absolute atomic E-state index is 0.0691. The maximum Gasteiger partial charge on any atom is 0.416 e. The van der Waals surface area contributed by atoms with Crippen LogP contribution in [0.1, 0.15) is 16.8 Å². The Bertz CT molecular complexity index is 981. The highest BCUT2D eigenvalue weighted by Crippen LogP contribution is 2.49. The fraction of sp³-hybridized carbons (Fsp3) is 0.214. The zero-order valence-electron chi connectivity index (χ0n) is 12.7. The smallest absolute Gasteiger partial charge is 0.316 e. The van der Waals surface area contributed by atoms with Crippen molar-refractivity contribution in [1.82, 2.24) is 4.57 Å². The van der Waals surface area contributed by atoms with Gasteiger partial charge in [0.2, 0.25) is 0 Å². The molecule has 0 radical (unpaired) electrons. The molecule has 1 aromatic carbocycles. The first kappa shape index (κ1) is 21.3. The Labute approximate surface area is 164 Å². The van der Waals surface area contributed by atoms with E-state index in [1.165, 1.54) is 6.92 Å². The van der Waals surface area contributed by atoms with Crippen LogP contribution in [0.5, 0.6) is 0 Å². The first-order valence-electron chi connectivity index (χ1n) is 6.55. The van der Waals surface area contributed by atoms with Crippen LogP contribution in [0, 0.1) is 18.3 Å². The fourth-order valence-corrected chi connectivity index (χ4v) is 4.62. The standard InChI is InChI=1S/C14H8Cl4F4N2OS/c1-7-9(4-23)12(26(17,18,25)6-19)5-24(7)13-10(15)2-8(3-11(13)16)14(20,21)22/h2-3,5H,6H2,1H3. The van der Waals surface area contributed by atoms with Crippen LogP contribution in [-0.4, -0.2) is 14.8 Å². The number of aromatic nitrogens is 1. The first-order valence-corrected chi connectivity index (χ1v) is 11.1. The molecule has 0 amide bonds. The third-order valence-corrected chi connectivity index (χ3v) is 7.07. The molecule has 0 saturated carbocycles. The summed E-state index contributed by atoms with van der Waals surface area (Å²) in [5, 5.41) is 8.49. The number of nitrogens with zero attached hydrogens (tertiary/aromatic N) is 2. The molecule has 26 heavy (non-hydrogen) atoms. The second-order valence-electron chi connectivity index (χ2n) is 5.23.